The first-order valence-corrected chi connectivity index (χ1v) is 12.7. The van der Waals surface area contributed by atoms with Crippen LogP contribution < -0.4 is 9.80 Å². The third-order valence-corrected chi connectivity index (χ3v) is 7.65. The fourth-order valence-corrected chi connectivity index (χ4v) is 5.65. The van der Waals surface area contributed by atoms with E-state index >= 15 is 0 Å². The molecule has 9 heteroatoms. The number of nitrogens with zero attached hydrogens (tertiary/aromatic N) is 6. The van der Waals surface area contributed by atoms with Gasteiger partial charge < -0.3 is 9.80 Å². The Kier molecular flexibility index (Phi) is 6.97. The molecule has 8 nitrogen and oxygen atoms in total. The summed E-state index contributed by atoms with van der Waals surface area (Å²) < 4.78 is 0. The quantitative estimate of drug-likeness (QED) is 0.448. The number of piperazine rings is 1. The topological polar surface area (TPSA) is 78.6 Å². The Morgan fingerprint density at radius 2 is 1.59 bits per heavy atom. The summed E-state index contributed by atoms with van der Waals surface area (Å²) >= 11 is 6.01. The molecule has 1 aromatic heterocycles. The van der Waals surface area contributed by atoms with Gasteiger partial charge in [-0.25, -0.2) is 9.97 Å². The molecule has 2 aromatic rings. The molecule has 1 saturated heterocycles. The lowest BCUT2D eigenvalue weighted by Crippen LogP contribution is -2.51. The number of hydrogen-bond donors (Lipinski definition) is 0. The number of nitro groups is 1. The van der Waals surface area contributed by atoms with Crippen LogP contribution in [-0.2, 0) is 0 Å². The molecule has 1 aromatic carbocycles. The van der Waals surface area contributed by atoms with Crippen LogP contribution in [0.2, 0.25) is 5.02 Å². The third kappa shape index (κ3) is 4.88. The van der Waals surface area contributed by atoms with Gasteiger partial charge in [-0.15, -0.1) is 0 Å². The second-order valence-electron chi connectivity index (χ2n) is 9.37. The van der Waals surface area contributed by atoms with Gasteiger partial charge in [-0.2, -0.15) is 0 Å². The number of aromatic nitrogens is 2. The van der Waals surface area contributed by atoms with Gasteiger partial charge in [0.1, 0.15) is 6.33 Å². The van der Waals surface area contributed by atoms with Crippen molar-refractivity contribution in [1.82, 2.24) is 14.9 Å². The van der Waals surface area contributed by atoms with Crippen molar-refractivity contribution < 1.29 is 4.92 Å². The van der Waals surface area contributed by atoms with Gasteiger partial charge >= 0.3 is 5.69 Å². The van der Waals surface area contributed by atoms with Crippen LogP contribution in [0.3, 0.4) is 0 Å². The van der Waals surface area contributed by atoms with Gasteiger partial charge in [-0.1, -0.05) is 49.1 Å². The summed E-state index contributed by atoms with van der Waals surface area (Å²) in [6, 6.07) is 8.48. The summed E-state index contributed by atoms with van der Waals surface area (Å²) in [5.74, 6) is 0.863. The van der Waals surface area contributed by atoms with Gasteiger partial charge in [-0.3, -0.25) is 15.0 Å². The molecular formula is C25H31ClN6O2. The highest BCUT2D eigenvalue weighted by atomic mass is 35.5. The van der Waals surface area contributed by atoms with Crippen LogP contribution in [0.1, 0.15) is 44.1 Å². The van der Waals surface area contributed by atoms with E-state index in [-0.39, 0.29) is 10.6 Å². The first-order valence-electron chi connectivity index (χ1n) is 12.3. The average Bonchev–Trinajstić information content (AvgIpc) is 2.89. The Morgan fingerprint density at radius 1 is 0.912 bits per heavy atom. The summed E-state index contributed by atoms with van der Waals surface area (Å²) in [7, 11) is 0. The summed E-state index contributed by atoms with van der Waals surface area (Å²) in [5, 5.41) is 12.9. The Morgan fingerprint density at radius 3 is 2.21 bits per heavy atom. The molecule has 3 aliphatic rings. The molecule has 0 amide bonds. The zero-order chi connectivity index (χ0) is 23.5. The Bertz CT molecular complexity index is 1050. The van der Waals surface area contributed by atoms with Gasteiger partial charge in [0.05, 0.1) is 4.92 Å². The molecular weight excluding hydrogens is 452 g/mol. The minimum absolute atomic E-state index is 0.0250. The van der Waals surface area contributed by atoms with Gasteiger partial charge in [0.2, 0.25) is 11.6 Å². The fraction of sp³-hybridized carbons (Fsp3) is 0.520. The van der Waals surface area contributed by atoms with Crippen molar-refractivity contribution in [2.75, 3.05) is 49.1 Å². The van der Waals surface area contributed by atoms with E-state index < -0.39 is 0 Å². The lowest BCUT2D eigenvalue weighted by Gasteiger charge is -2.41. The summed E-state index contributed by atoms with van der Waals surface area (Å²) in [4.78, 5) is 27.3. The van der Waals surface area contributed by atoms with Gasteiger partial charge in [0.25, 0.3) is 0 Å². The monoisotopic (exact) mass is 482 g/mol. The van der Waals surface area contributed by atoms with Crippen LogP contribution in [0.15, 0.2) is 36.7 Å². The van der Waals surface area contributed by atoms with Crippen LogP contribution in [0.4, 0.5) is 17.3 Å². The standard InChI is InChI=1S/C25H31ClN6O2/c26-21-8-6-19(7-9-21)20-10-12-30(13-11-20)24-23(32(33)34)25(28-18-27-24)31-16-14-29(15-17-31)22-4-2-1-3-5-22/h6-10,18,22H,1-5,11-17H2. The van der Waals surface area contributed by atoms with Crippen molar-refractivity contribution in [1.29, 1.82) is 0 Å². The van der Waals surface area contributed by atoms with Crippen molar-refractivity contribution >= 4 is 34.5 Å². The number of anilines is 2. The molecule has 0 unspecified atom stereocenters. The van der Waals surface area contributed by atoms with E-state index in [0.29, 0.717) is 35.8 Å². The third-order valence-electron chi connectivity index (χ3n) is 7.39. The Hall–Kier alpha value is -2.71. The molecule has 5 rings (SSSR count). The second-order valence-corrected chi connectivity index (χ2v) is 9.81. The maximum absolute atomic E-state index is 12.2. The minimum Gasteiger partial charge on any atom is -0.348 e. The maximum atomic E-state index is 12.2. The highest BCUT2D eigenvalue weighted by molar-refractivity contribution is 6.30. The minimum atomic E-state index is -0.309. The first kappa shape index (κ1) is 23.1. The molecule has 0 atom stereocenters. The Balaban J connectivity index is 1.32. The first-order chi connectivity index (χ1) is 16.6. The van der Waals surface area contributed by atoms with Crippen molar-refractivity contribution in [3.8, 4) is 0 Å². The van der Waals surface area contributed by atoms with Crippen molar-refractivity contribution in [2.24, 2.45) is 0 Å². The zero-order valence-corrected chi connectivity index (χ0v) is 20.2. The molecule has 2 aliphatic heterocycles. The lowest BCUT2D eigenvalue weighted by atomic mass is 9.94. The van der Waals surface area contributed by atoms with Gasteiger partial charge in [0.15, 0.2) is 0 Å². The summed E-state index contributed by atoms with van der Waals surface area (Å²) in [6.45, 7) is 4.62. The number of hydrogen-bond acceptors (Lipinski definition) is 7. The molecule has 0 radical (unpaired) electrons. The van der Waals surface area contributed by atoms with Crippen LogP contribution in [0, 0.1) is 10.1 Å². The lowest BCUT2D eigenvalue weighted by molar-refractivity contribution is -0.383. The predicted octanol–water partition coefficient (Wildman–Crippen LogP) is 4.79. The van der Waals surface area contributed by atoms with E-state index in [0.717, 1.165) is 38.2 Å². The molecule has 0 spiro atoms. The van der Waals surface area contributed by atoms with E-state index in [1.807, 2.05) is 29.2 Å². The molecule has 1 aliphatic carbocycles. The SMILES string of the molecule is O=[N+]([O-])c1c(N2CC=C(c3ccc(Cl)cc3)CC2)ncnc1N1CCN(C2CCCCC2)CC1. The average molecular weight is 483 g/mol. The highest BCUT2D eigenvalue weighted by Gasteiger charge is 2.33. The summed E-state index contributed by atoms with van der Waals surface area (Å²) in [6.07, 6.45) is 10.9. The fourth-order valence-electron chi connectivity index (χ4n) is 5.52. The predicted molar refractivity (Wildman–Crippen MR) is 136 cm³/mol. The van der Waals surface area contributed by atoms with E-state index in [1.165, 1.54) is 44.0 Å². The van der Waals surface area contributed by atoms with Crippen LogP contribution in [0.25, 0.3) is 5.57 Å². The van der Waals surface area contributed by atoms with Crippen LogP contribution in [0.5, 0.6) is 0 Å². The van der Waals surface area contributed by atoms with Crippen LogP contribution in [-0.4, -0.2) is 65.1 Å². The number of benzene rings is 1. The van der Waals surface area contributed by atoms with Crippen molar-refractivity contribution in [2.45, 2.75) is 44.6 Å². The molecule has 180 valence electrons. The van der Waals surface area contributed by atoms with E-state index in [1.54, 1.807) is 0 Å². The number of rotatable bonds is 5. The molecule has 0 N–H and O–H groups in total. The van der Waals surface area contributed by atoms with E-state index in [2.05, 4.69) is 25.8 Å². The van der Waals surface area contributed by atoms with Crippen molar-refractivity contribution in [3.63, 3.8) is 0 Å². The highest BCUT2D eigenvalue weighted by Crippen LogP contribution is 2.37. The molecule has 3 heterocycles. The largest absolute Gasteiger partial charge is 0.353 e. The number of halogens is 1. The smallest absolute Gasteiger partial charge is 0.348 e. The molecule has 34 heavy (non-hydrogen) atoms. The normalized spacial score (nSPS) is 20.3. The van der Waals surface area contributed by atoms with Gasteiger partial charge in [-0.05, 0) is 42.5 Å². The molecule has 1 saturated carbocycles. The van der Waals surface area contributed by atoms with Gasteiger partial charge in [0, 0.05) is 50.3 Å². The second kappa shape index (κ2) is 10.3. The summed E-state index contributed by atoms with van der Waals surface area (Å²) in [5.41, 5.74) is 2.39. The van der Waals surface area contributed by atoms with E-state index in [4.69, 9.17) is 11.6 Å². The molecule has 0 bridgehead atoms. The Labute approximate surface area is 205 Å². The molecule has 2 fully saturated rings. The van der Waals surface area contributed by atoms with Crippen molar-refractivity contribution in [3.05, 3.63) is 57.4 Å². The van der Waals surface area contributed by atoms with E-state index in [9.17, 15) is 10.1 Å². The maximum Gasteiger partial charge on any atom is 0.353 e. The van der Waals surface area contributed by atoms with Crippen LogP contribution >= 0.6 is 11.6 Å². The zero-order valence-electron chi connectivity index (χ0n) is 19.4.